The van der Waals surface area contributed by atoms with E-state index in [-0.39, 0.29) is 18.4 Å². The zero-order valence-electron chi connectivity index (χ0n) is 14.4. The number of aryl methyl sites for hydroxylation is 2. The summed E-state index contributed by atoms with van der Waals surface area (Å²) in [6.07, 6.45) is 0. The molecule has 0 unspecified atom stereocenters. The molecular weight excluding hydrogens is 304 g/mol. The number of para-hydroxylation sites is 3. The summed E-state index contributed by atoms with van der Waals surface area (Å²) in [5.41, 5.74) is 3.26. The molecular formula is C19H22N2O3. The van der Waals surface area contributed by atoms with Gasteiger partial charge in [-0.05, 0) is 37.1 Å². The minimum Gasteiger partial charge on any atom is -0.495 e. The predicted octanol–water partition coefficient (Wildman–Crippen LogP) is 3.30. The Labute approximate surface area is 142 Å². The van der Waals surface area contributed by atoms with Crippen LogP contribution in [0.3, 0.4) is 0 Å². The molecule has 2 amide bonds. The number of benzene rings is 2. The zero-order chi connectivity index (χ0) is 17.7. The lowest BCUT2D eigenvalue weighted by Crippen LogP contribution is -2.37. The molecule has 0 saturated heterocycles. The van der Waals surface area contributed by atoms with E-state index in [0.717, 1.165) is 16.8 Å². The lowest BCUT2D eigenvalue weighted by Gasteiger charge is -2.24. The van der Waals surface area contributed by atoms with Crippen LogP contribution >= 0.6 is 0 Å². The second kappa shape index (κ2) is 7.64. The number of amides is 2. The van der Waals surface area contributed by atoms with Gasteiger partial charge in [0.2, 0.25) is 11.8 Å². The second-order valence-corrected chi connectivity index (χ2v) is 5.59. The molecule has 0 bridgehead atoms. The van der Waals surface area contributed by atoms with E-state index in [4.69, 9.17) is 4.74 Å². The first-order chi connectivity index (χ1) is 11.4. The van der Waals surface area contributed by atoms with Crippen LogP contribution < -0.4 is 15.0 Å². The maximum Gasteiger partial charge on any atom is 0.244 e. The van der Waals surface area contributed by atoms with Crippen molar-refractivity contribution in [1.29, 1.82) is 0 Å². The minimum atomic E-state index is -0.280. The molecule has 0 aromatic heterocycles. The number of hydrogen-bond acceptors (Lipinski definition) is 3. The lowest BCUT2D eigenvalue weighted by atomic mass is 10.1. The lowest BCUT2D eigenvalue weighted by molar-refractivity contribution is -0.120. The number of rotatable bonds is 5. The van der Waals surface area contributed by atoms with E-state index >= 15 is 0 Å². The van der Waals surface area contributed by atoms with E-state index in [1.165, 1.54) is 11.8 Å². The van der Waals surface area contributed by atoms with Crippen molar-refractivity contribution >= 4 is 23.2 Å². The fraction of sp³-hybridized carbons (Fsp3) is 0.263. The molecule has 0 atom stereocenters. The molecule has 126 valence electrons. The van der Waals surface area contributed by atoms with Gasteiger partial charge >= 0.3 is 0 Å². The molecule has 2 aromatic rings. The first-order valence-electron chi connectivity index (χ1n) is 7.71. The fourth-order valence-electron chi connectivity index (χ4n) is 2.66. The van der Waals surface area contributed by atoms with Gasteiger partial charge in [0.25, 0.3) is 0 Å². The van der Waals surface area contributed by atoms with E-state index < -0.39 is 0 Å². The highest BCUT2D eigenvalue weighted by Gasteiger charge is 2.19. The van der Waals surface area contributed by atoms with Gasteiger partial charge in [0, 0.05) is 6.92 Å². The number of nitrogens with one attached hydrogen (secondary N) is 1. The summed E-state index contributed by atoms with van der Waals surface area (Å²) in [5.74, 6) is 0.118. The van der Waals surface area contributed by atoms with Crippen molar-refractivity contribution < 1.29 is 14.3 Å². The summed E-state index contributed by atoms with van der Waals surface area (Å²) >= 11 is 0. The minimum absolute atomic E-state index is 0.0565. The molecule has 5 heteroatoms. The molecule has 2 rings (SSSR count). The number of carbonyl (C=O) groups is 2. The normalized spacial score (nSPS) is 10.2. The van der Waals surface area contributed by atoms with E-state index in [0.29, 0.717) is 11.4 Å². The van der Waals surface area contributed by atoms with Gasteiger partial charge in [-0.1, -0.05) is 30.3 Å². The molecule has 2 aromatic carbocycles. The molecule has 0 fully saturated rings. The highest BCUT2D eigenvalue weighted by Crippen LogP contribution is 2.26. The maximum atomic E-state index is 12.4. The Morgan fingerprint density at radius 3 is 2.25 bits per heavy atom. The van der Waals surface area contributed by atoms with Crippen LogP contribution in [0.2, 0.25) is 0 Å². The van der Waals surface area contributed by atoms with Gasteiger partial charge in [-0.15, -0.1) is 0 Å². The number of methoxy groups -OCH3 is 1. The Kier molecular flexibility index (Phi) is 5.58. The Hall–Kier alpha value is -2.82. The summed E-state index contributed by atoms with van der Waals surface area (Å²) < 4.78 is 5.23. The quantitative estimate of drug-likeness (QED) is 0.917. The second-order valence-electron chi connectivity index (χ2n) is 5.59. The van der Waals surface area contributed by atoms with Crippen molar-refractivity contribution in [2.75, 3.05) is 23.9 Å². The van der Waals surface area contributed by atoms with E-state index in [2.05, 4.69) is 5.32 Å². The van der Waals surface area contributed by atoms with E-state index in [1.54, 1.807) is 19.2 Å². The highest BCUT2D eigenvalue weighted by atomic mass is 16.5. The molecule has 0 radical (unpaired) electrons. The Balaban J connectivity index is 2.22. The molecule has 0 aliphatic heterocycles. The van der Waals surface area contributed by atoms with Gasteiger partial charge in [0.1, 0.15) is 12.3 Å². The molecule has 0 spiro atoms. The Bertz CT molecular complexity index is 736. The third kappa shape index (κ3) is 3.93. The van der Waals surface area contributed by atoms with Crippen LogP contribution in [-0.2, 0) is 9.59 Å². The van der Waals surface area contributed by atoms with Crippen LogP contribution in [0.4, 0.5) is 11.4 Å². The topological polar surface area (TPSA) is 58.6 Å². The molecule has 5 nitrogen and oxygen atoms in total. The maximum absolute atomic E-state index is 12.4. The van der Waals surface area contributed by atoms with Gasteiger partial charge in [-0.3, -0.25) is 9.59 Å². The largest absolute Gasteiger partial charge is 0.495 e. The number of nitrogens with zero attached hydrogens (tertiary/aromatic N) is 1. The predicted molar refractivity (Wildman–Crippen MR) is 95.6 cm³/mol. The molecule has 1 N–H and O–H groups in total. The number of anilines is 2. The average molecular weight is 326 g/mol. The van der Waals surface area contributed by atoms with Gasteiger partial charge < -0.3 is 15.0 Å². The summed E-state index contributed by atoms with van der Waals surface area (Å²) in [5, 5.41) is 2.80. The Morgan fingerprint density at radius 1 is 1.04 bits per heavy atom. The first-order valence-corrected chi connectivity index (χ1v) is 7.71. The molecule has 0 heterocycles. The highest BCUT2D eigenvalue weighted by molar-refractivity contribution is 6.03. The molecule has 0 aliphatic carbocycles. The van der Waals surface area contributed by atoms with Gasteiger partial charge in [-0.25, -0.2) is 0 Å². The number of ether oxygens (including phenoxy) is 1. The molecule has 0 saturated carbocycles. The summed E-state index contributed by atoms with van der Waals surface area (Å²) in [7, 11) is 1.55. The van der Waals surface area contributed by atoms with Gasteiger partial charge in [0.05, 0.1) is 18.5 Å². The van der Waals surface area contributed by atoms with Crippen molar-refractivity contribution in [3.8, 4) is 5.75 Å². The number of carbonyl (C=O) groups excluding carboxylic acids is 2. The summed E-state index contributed by atoms with van der Waals surface area (Å²) in [6.45, 7) is 5.26. The van der Waals surface area contributed by atoms with E-state index in [9.17, 15) is 9.59 Å². The summed E-state index contributed by atoms with van der Waals surface area (Å²) in [6, 6.07) is 12.9. The third-order valence-electron chi connectivity index (χ3n) is 3.77. The zero-order valence-corrected chi connectivity index (χ0v) is 14.4. The van der Waals surface area contributed by atoms with Crippen LogP contribution in [0.1, 0.15) is 18.1 Å². The number of hydrogen-bond donors (Lipinski definition) is 1. The van der Waals surface area contributed by atoms with Crippen LogP contribution in [-0.4, -0.2) is 25.5 Å². The van der Waals surface area contributed by atoms with Crippen LogP contribution in [0.5, 0.6) is 5.75 Å². The Morgan fingerprint density at radius 2 is 1.67 bits per heavy atom. The summed E-state index contributed by atoms with van der Waals surface area (Å²) in [4.78, 5) is 26.0. The fourth-order valence-corrected chi connectivity index (χ4v) is 2.66. The molecule has 24 heavy (non-hydrogen) atoms. The van der Waals surface area contributed by atoms with Crippen LogP contribution in [0.25, 0.3) is 0 Å². The van der Waals surface area contributed by atoms with Crippen molar-refractivity contribution in [2.45, 2.75) is 20.8 Å². The first kappa shape index (κ1) is 17.5. The van der Waals surface area contributed by atoms with Gasteiger partial charge in [0.15, 0.2) is 0 Å². The SMILES string of the molecule is COc1ccccc1NC(=O)CN(C(C)=O)c1c(C)cccc1C. The van der Waals surface area contributed by atoms with Crippen LogP contribution in [0, 0.1) is 13.8 Å². The molecule has 0 aliphatic rings. The standard InChI is InChI=1S/C19H22N2O3/c1-13-8-7-9-14(2)19(13)21(15(3)22)12-18(23)20-16-10-5-6-11-17(16)24-4/h5-11H,12H2,1-4H3,(H,20,23). The van der Waals surface area contributed by atoms with Crippen molar-refractivity contribution in [3.63, 3.8) is 0 Å². The monoisotopic (exact) mass is 326 g/mol. The van der Waals surface area contributed by atoms with Crippen molar-refractivity contribution in [3.05, 3.63) is 53.6 Å². The van der Waals surface area contributed by atoms with E-state index in [1.807, 2.05) is 44.2 Å². The third-order valence-corrected chi connectivity index (χ3v) is 3.77. The smallest absolute Gasteiger partial charge is 0.244 e. The average Bonchev–Trinajstić information content (AvgIpc) is 2.54. The van der Waals surface area contributed by atoms with Crippen LogP contribution in [0.15, 0.2) is 42.5 Å². The van der Waals surface area contributed by atoms with Crippen molar-refractivity contribution in [1.82, 2.24) is 0 Å². The van der Waals surface area contributed by atoms with Crippen molar-refractivity contribution in [2.24, 2.45) is 0 Å². The van der Waals surface area contributed by atoms with Gasteiger partial charge in [-0.2, -0.15) is 0 Å².